The summed E-state index contributed by atoms with van der Waals surface area (Å²) in [5, 5.41) is 0. The zero-order valence-corrected chi connectivity index (χ0v) is 7.22. The van der Waals surface area contributed by atoms with Crippen LogP contribution in [0.15, 0.2) is 24.3 Å². The van der Waals surface area contributed by atoms with Crippen molar-refractivity contribution in [3.63, 3.8) is 0 Å². The minimum Gasteiger partial charge on any atom is -0.251 e. The maximum Gasteiger partial charge on any atom is 0.0894 e. The highest BCUT2D eigenvalue weighted by molar-refractivity contribution is 5.24. The van der Waals surface area contributed by atoms with Gasteiger partial charge in [0.15, 0.2) is 0 Å². The minimum absolute atomic E-state index is 0.201. The van der Waals surface area contributed by atoms with Crippen LogP contribution in [-0.4, -0.2) is 6.67 Å². The molecule has 1 aromatic rings. The van der Waals surface area contributed by atoms with E-state index in [2.05, 4.69) is 19.1 Å². The van der Waals surface area contributed by atoms with Gasteiger partial charge < -0.3 is 0 Å². The first-order valence-electron chi connectivity index (χ1n) is 4.30. The van der Waals surface area contributed by atoms with E-state index >= 15 is 0 Å². The summed E-state index contributed by atoms with van der Waals surface area (Å²) in [6.45, 7) is 3.60. The molecule has 0 aliphatic rings. The maximum atomic E-state index is 11.7. The van der Waals surface area contributed by atoms with Crippen molar-refractivity contribution in [2.24, 2.45) is 0 Å². The second-order valence-electron chi connectivity index (χ2n) is 2.96. The Morgan fingerprint density at radius 2 is 1.75 bits per heavy atom. The summed E-state index contributed by atoms with van der Waals surface area (Å²) in [7, 11) is 0. The summed E-state index contributed by atoms with van der Waals surface area (Å²) >= 11 is 0. The van der Waals surface area contributed by atoms with Crippen LogP contribution in [0.25, 0.3) is 0 Å². The third kappa shape index (κ3) is 3.04. The molecular formula is C11H14F. The molecule has 0 aliphatic heterocycles. The van der Waals surface area contributed by atoms with Gasteiger partial charge >= 0.3 is 0 Å². The average Bonchev–Trinajstić information content (AvgIpc) is 2.09. The first-order chi connectivity index (χ1) is 5.83. The summed E-state index contributed by atoms with van der Waals surface area (Å²) in [6, 6.07) is 8.09. The first kappa shape index (κ1) is 9.24. The van der Waals surface area contributed by atoms with Crippen molar-refractivity contribution in [2.45, 2.75) is 19.3 Å². The zero-order chi connectivity index (χ0) is 8.81. The number of aryl methyl sites for hydroxylation is 1. The van der Waals surface area contributed by atoms with E-state index in [1.807, 2.05) is 12.1 Å². The largest absolute Gasteiger partial charge is 0.251 e. The molecule has 0 unspecified atom stereocenters. The first-order valence-corrected chi connectivity index (χ1v) is 4.30. The topological polar surface area (TPSA) is 0 Å². The van der Waals surface area contributed by atoms with E-state index in [1.54, 1.807) is 0 Å². The van der Waals surface area contributed by atoms with E-state index in [1.165, 1.54) is 5.56 Å². The van der Waals surface area contributed by atoms with Crippen LogP contribution in [0.3, 0.4) is 0 Å². The SMILES string of the molecule is [CH2]c1ccc(CCCCF)cc1. The number of hydrogen-bond acceptors (Lipinski definition) is 0. The Balaban J connectivity index is 2.37. The van der Waals surface area contributed by atoms with Crippen molar-refractivity contribution in [1.29, 1.82) is 0 Å². The van der Waals surface area contributed by atoms with Crippen LogP contribution in [-0.2, 0) is 6.42 Å². The number of benzene rings is 1. The second-order valence-corrected chi connectivity index (χ2v) is 2.96. The Labute approximate surface area is 73.4 Å². The van der Waals surface area contributed by atoms with E-state index in [4.69, 9.17) is 0 Å². The van der Waals surface area contributed by atoms with E-state index < -0.39 is 0 Å². The molecule has 0 heterocycles. The summed E-state index contributed by atoms with van der Waals surface area (Å²) in [5.41, 5.74) is 2.31. The van der Waals surface area contributed by atoms with Crippen molar-refractivity contribution < 1.29 is 4.39 Å². The van der Waals surface area contributed by atoms with Crippen LogP contribution in [0.5, 0.6) is 0 Å². The molecule has 0 aromatic heterocycles. The molecule has 0 N–H and O–H groups in total. The molecule has 1 rings (SSSR count). The monoisotopic (exact) mass is 165 g/mol. The normalized spacial score (nSPS) is 10.2. The average molecular weight is 165 g/mol. The fourth-order valence-corrected chi connectivity index (χ4v) is 1.13. The Morgan fingerprint density at radius 1 is 1.08 bits per heavy atom. The molecule has 1 aromatic carbocycles. The third-order valence-corrected chi connectivity index (χ3v) is 1.87. The maximum absolute atomic E-state index is 11.7. The predicted octanol–water partition coefficient (Wildman–Crippen LogP) is 3.16. The molecule has 0 saturated heterocycles. The van der Waals surface area contributed by atoms with Crippen molar-refractivity contribution in [1.82, 2.24) is 0 Å². The van der Waals surface area contributed by atoms with E-state index in [0.717, 1.165) is 18.4 Å². The van der Waals surface area contributed by atoms with Gasteiger partial charge in [-0.1, -0.05) is 24.3 Å². The number of alkyl halides is 1. The van der Waals surface area contributed by atoms with Gasteiger partial charge in [0.05, 0.1) is 6.67 Å². The lowest BCUT2D eigenvalue weighted by molar-refractivity contribution is 0.462. The molecule has 0 amide bonds. The second kappa shape index (κ2) is 4.91. The predicted molar refractivity (Wildman–Crippen MR) is 49.8 cm³/mol. The van der Waals surface area contributed by atoms with Crippen LogP contribution in [0, 0.1) is 6.92 Å². The van der Waals surface area contributed by atoms with E-state index in [9.17, 15) is 4.39 Å². The molecule has 12 heavy (non-hydrogen) atoms. The Bertz CT molecular complexity index is 213. The fraction of sp³-hybridized carbons (Fsp3) is 0.364. The molecule has 0 fully saturated rings. The molecule has 1 heteroatoms. The van der Waals surface area contributed by atoms with Gasteiger partial charge in [-0.15, -0.1) is 0 Å². The molecule has 0 aliphatic carbocycles. The fourth-order valence-electron chi connectivity index (χ4n) is 1.13. The summed E-state index contributed by atoms with van der Waals surface area (Å²) in [4.78, 5) is 0. The number of unbranched alkanes of at least 4 members (excludes halogenated alkanes) is 1. The molecule has 0 bridgehead atoms. The molecular weight excluding hydrogens is 151 g/mol. The highest BCUT2D eigenvalue weighted by atomic mass is 19.1. The molecule has 1 radical (unpaired) electrons. The van der Waals surface area contributed by atoms with Gasteiger partial charge in [0.25, 0.3) is 0 Å². The van der Waals surface area contributed by atoms with Gasteiger partial charge in [0.2, 0.25) is 0 Å². The summed E-state index contributed by atoms with van der Waals surface area (Å²) in [6.07, 6.45) is 2.59. The lowest BCUT2D eigenvalue weighted by atomic mass is 10.1. The molecule has 0 atom stereocenters. The van der Waals surface area contributed by atoms with Crippen LogP contribution in [0.2, 0.25) is 0 Å². The van der Waals surface area contributed by atoms with Gasteiger partial charge in [-0.2, -0.15) is 0 Å². The van der Waals surface area contributed by atoms with Crippen molar-refractivity contribution in [2.75, 3.05) is 6.67 Å². The van der Waals surface area contributed by atoms with Crippen molar-refractivity contribution in [3.05, 3.63) is 42.3 Å². The highest BCUT2D eigenvalue weighted by Crippen LogP contribution is 2.06. The quantitative estimate of drug-likeness (QED) is 0.601. The lowest BCUT2D eigenvalue weighted by Crippen LogP contribution is -1.86. The van der Waals surface area contributed by atoms with E-state index in [-0.39, 0.29) is 6.67 Å². The van der Waals surface area contributed by atoms with Crippen LogP contribution < -0.4 is 0 Å². The van der Waals surface area contributed by atoms with Gasteiger partial charge in [0.1, 0.15) is 0 Å². The minimum atomic E-state index is -0.201. The highest BCUT2D eigenvalue weighted by Gasteiger charge is 1.92. The van der Waals surface area contributed by atoms with Crippen molar-refractivity contribution >= 4 is 0 Å². The van der Waals surface area contributed by atoms with E-state index in [0.29, 0.717) is 6.42 Å². The summed E-state index contributed by atoms with van der Waals surface area (Å²) in [5.74, 6) is 0. The standard InChI is InChI=1S/C11H14F/c1-10-5-7-11(8-6-10)4-2-3-9-12/h5-8H,1-4,9H2. The Kier molecular flexibility index (Phi) is 3.78. The Hall–Kier alpha value is -0.850. The van der Waals surface area contributed by atoms with Crippen LogP contribution in [0.4, 0.5) is 4.39 Å². The molecule has 0 spiro atoms. The van der Waals surface area contributed by atoms with Crippen molar-refractivity contribution in [3.8, 4) is 0 Å². The van der Waals surface area contributed by atoms with Gasteiger partial charge in [-0.05, 0) is 37.3 Å². The zero-order valence-electron chi connectivity index (χ0n) is 7.22. The number of hydrogen-bond donors (Lipinski definition) is 0. The lowest BCUT2D eigenvalue weighted by Gasteiger charge is -1.99. The number of rotatable bonds is 4. The molecule has 0 nitrogen and oxygen atoms in total. The van der Waals surface area contributed by atoms with Gasteiger partial charge in [-0.25, -0.2) is 0 Å². The van der Waals surface area contributed by atoms with Gasteiger partial charge in [-0.3, -0.25) is 4.39 Å². The van der Waals surface area contributed by atoms with Crippen LogP contribution in [0.1, 0.15) is 24.0 Å². The molecule has 65 valence electrons. The Morgan fingerprint density at radius 3 is 2.33 bits per heavy atom. The summed E-state index contributed by atoms with van der Waals surface area (Å²) < 4.78 is 11.7. The number of halogens is 1. The van der Waals surface area contributed by atoms with Crippen LogP contribution >= 0.6 is 0 Å². The smallest absolute Gasteiger partial charge is 0.0894 e. The molecule has 0 saturated carbocycles. The third-order valence-electron chi connectivity index (χ3n) is 1.87. The van der Waals surface area contributed by atoms with Gasteiger partial charge in [0, 0.05) is 0 Å².